The molecular weight excluding hydrogens is 298 g/mol. The van der Waals surface area contributed by atoms with Crippen molar-refractivity contribution in [1.29, 1.82) is 0 Å². The Kier molecular flexibility index (Phi) is 6.70. The number of sulfonamides is 1. The van der Waals surface area contributed by atoms with Crippen LogP contribution in [0.25, 0.3) is 0 Å². The van der Waals surface area contributed by atoms with Crippen molar-refractivity contribution in [1.82, 2.24) is 10.0 Å². The van der Waals surface area contributed by atoms with Crippen LogP contribution in [0.3, 0.4) is 0 Å². The molecule has 0 fully saturated rings. The monoisotopic (exact) mass is 320 g/mol. The predicted molar refractivity (Wildman–Crippen MR) is 79.1 cm³/mol. The normalized spacial score (nSPS) is 12.1. The van der Waals surface area contributed by atoms with Gasteiger partial charge < -0.3 is 5.32 Å². The minimum Gasteiger partial charge on any atom is -0.313 e. The molecule has 0 radical (unpaired) electrons. The zero-order chi connectivity index (χ0) is 16.0. The summed E-state index contributed by atoms with van der Waals surface area (Å²) in [6.45, 7) is 6.03. The summed E-state index contributed by atoms with van der Waals surface area (Å²) in [6.07, 6.45) is -1.73. The minimum absolute atomic E-state index is 0.0662. The number of benzene rings is 1. The minimum atomic E-state index is -3.92. The van der Waals surface area contributed by atoms with E-state index in [1.165, 1.54) is 0 Å². The third kappa shape index (κ3) is 5.33. The molecule has 0 aliphatic carbocycles. The van der Waals surface area contributed by atoms with Crippen LogP contribution in [0, 0.1) is 13.8 Å². The van der Waals surface area contributed by atoms with E-state index in [0.717, 1.165) is 24.1 Å². The van der Waals surface area contributed by atoms with Gasteiger partial charge in [-0.3, -0.25) is 0 Å². The Morgan fingerprint density at radius 3 is 2.48 bits per heavy atom. The second kappa shape index (κ2) is 7.82. The van der Waals surface area contributed by atoms with Crippen LogP contribution < -0.4 is 10.0 Å². The summed E-state index contributed by atoms with van der Waals surface area (Å²) in [5.41, 5.74) is 2.23. The van der Waals surface area contributed by atoms with Crippen LogP contribution in [-0.2, 0) is 16.6 Å². The second-order valence-electron chi connectivity index (χ2n) is 4.96. The highest BCUT2D eigenvalue weighted by atomic mass is 32.2. The van der Waals surface area contributed by atoms with Gasteiger partial charge in [-0.1, -0.05) is 13.0 Å². The Labute approximate surface area is 125 Å². The van der Waals surface area contributed by atoms with Crippen molar-refractivity contribution in [3.8, 4) is 0 Å². The van der Waals surface area contributed by atoms with Crippen molar-refractivity contribution in [2.75, 3.05) is 13.1 Å². The average Bonchev–Trinajstić information content (AvgIpc) is 2.40. The second-order valence-corrected chi connectivity index (χ2v) is 6.69. The number of aryl methyl sites for hydroxylation is 1. The van der Waals surface area contributed by atoms with Crippen LogP contribution >= 0.6 is 0 Å². The molecule has 1 aromatic carbocycles. The highest BCUT2D eigenvalue weighted by Gasteiger charge is 2.20. The van der Waals surface area contributed by atoms with E-state index >= 15 is 0 Å². The third-order valence-electron chi connectivity index (χ3n) is 3.15. The lowest BCUT2D eigenvalue weighted by molar-refractivity contribution is 0.153. The topological polar surface area (TPSA) is 58.2 Å². The van der Waals surface area contributed by atoms with Gasteiger partial charge in [0.05, 0.1) is 11.4 Å². The quantitative estimate of drug-likeness (QED) is 0.723. The Morgan fingerprint density at radius 2 is 1.90 bits per heavy atom. The standard InChI is InChI=1S/C14H22F2N2O2S/c1-4-5-17-8-12-6-10(2)11(3)13(7-12)21(19,20)18-9-14(15)16/h6-7,14,17-18H,4-5,8-9H2,1-3H3. The molecule has 1 rings (SSSR count). The number of hydrogen-bond acceptors (Lipinski definition) is 3. The third-order valence-corrected chi connectivity index (χ3v) is 4.70. The smallest absolute Gasteiger partial charge is 0.251 e. The molecule has 0 bridgehead atoms. The van der Waals surface area contributed by atoms with Gasteiger partial charge in [-0.2, -0.15) is 0 Å². The van der Waals surface area contributed by atoms with Crippen molar-refractivity contribution < 1.29 is 17.2 Å². The summed E-state index contributed by atoms with van der Waals surface area (Å²) in [6, 6.07) is 3.45. The van der Waals surface area contributed by atoms with Gasteiger partial charge in [-0.15, -0.1) is 0 Å². The van der Waals surface area contributed by atoms with Gasteiger partial charge in [0, 0.05) is 6.54 Å². The van der Waals surface area contributed by atoms with E-state index in [1.54, 1.807) is 13.0 Å². The largest absolute Gasteiger partial charge is 0.313 e. The SMILES string of the molecule is CCCNCc1cc(C)c(C)c(S(=O)(=O)NCC(F)F)c1. The zero-order valence-electron chi connectivity index (χ0n) is 12.5. The fourth-order valence-electron chi connectivity index (χ4n) is 1.94. The van der Waals surface area contributed by atoms with Crippen LogP contribution in [0.2, 0.25) is 0 Å². The number of rotatable bonds is 8. The van der Waals surface area contributed by atoms with E-state index in [-0.39, 0.29) is 4.90 Å². The molecule has 0 atom stereocenters. The number of halogens is 2. The fraction of sp³-hybridized carbons (Fsp3) is 0.571. The Balaban J connectivity index is 3.04. The molecule has 21 heavy (non-hydrogen) atoms. The highest BCUT2D eigenvalue weighted by Crippen LogP contribution is 2.21. The van der Waals surface area contributed by atoms with Crippen LogP contribution in [0.4, 0.5) is 8.78 Å². The van der Waals surface area contributed by atoms with Crippen LogP contribution in [-0.4, -0.2) is 27.9 Å². The Bertz CT molecular complexity index is 575. The first-order valence-corrected chi connectivity index (χ1v) is 8.35. The van der Waals surface area contributed by atoms with E-state index in [2.05, 4.69) is 5.32 Å². The first kappa shape index (κ1) is 18.0. The Morgan fingerprint density at radius 1 is 1.24 bits per heavy atom. The summed E-state index contributed by atoms with van der Waals surface area (Å²) >= 11 is 0. The van der Waals surface area contributed by atoms with E-state index < -0.39 is 23.0 Å². The fourth-order valence-corrected chi connectivity index (χ4v) is 3.31. The summed E-state index contributed by atoms with van der Waals surface area (Å²) in [5, 5.41) is 3.19. The molecule has 0 spiro atoms. The number of hydrogen-bond donors (Lipinski definition) is 2. The van der Waals surface area contributed by atoms with Gasteiger partial charge >= 0.3 is 0 Å². The first-order chi connectivity index (χ1) is 9.77. The summed E-state index contributed by atoms with van der Waals surface area (Å²) < 4.78 is 50.6. The van der Waals surface area contributed by atoms with Gasteiger partial charge in [0.25, 0.3) is 6.43 Å². The van der Waals surface area contributed by atoms with E-state index in [4.69, 9.17) is 0 Å². The van der Waals surface area contributed by atoms with Crippen molar-refractivity contribution in [2.45, 2.75) is 45.1 Å². The van der Waals surface area contributed by atoms with E-state index in [1.807, 2.05) is 24.6 Å². The molecule has 0 aliphatic heterocycles. The molecule has 0 aliphatic rings. The molecule has 2 N–H and O–H groups in total. The summed E-state index contributed by atoms with van der Waals surface area (Å²) in [4.78, 5) is 0.0662. The molecule has 4 nitrogen and oxygen atoms in total. The van der Waals surface area contributed by atoms with Crippen molar-refractivity contribution in [2.24, 2.45) is 0 Å². The molecule has 0 saturated heterocycles. The molecule has 7 heteroatoms. The van der Waals surface area contributed by atoms with E-state index in [0.29, 0.717) is 12.1 Å². The van der Waals surface area contributed by atoms with Crippen molar-refractivity contribution in [3.05, 3.63) is 28.8 Å². The predicted octanol–water partition coefficient (Wildman–Crippen LogP) is 2.35. The first-order valence-electron chi connectivity index (χ1n) is 6.86. The van der Waals surface area contributed by atoms with Gasteiger partial charge in [0.1, 0.15) is 0 Å². The molecule has 0 amide bonds. The van der Waals surface area contributed by atoms with Crippen LogP contribution in [0.15, 0.2) is 17.0 Å². The number of alkyl halides is 2. The van der Waals surface area contributed by atoms with Gasteiger partial charge in [-0.05, 0) is 49.6 Å². The van der Waals surface area contributed by atoms with Gasteiger partial charge in [0.15, 0.2) is 0 Å². The lowest BCUT2D eigenvalue weighted by Crippen LogP contribution is -2.29. The lowest BCUT2D eigenvalue weighted by atomic mass is 10.1. The van der Waals surface area contributed by atoms with Crippen LogP contribution in [0.5, 0.6) is 0 Å². The number of nitrogens with one attached hydrogen (secondary N) is 2. The van der Waals surface area contributed by atoms with Crippen molar-refractivity contribution in [3.63, 3.8) is 0 Å². The molecule has 0 saturated carbocycles. The van der Waals surface area contributed by atoms with Gasteiger partial charge in [0.2, 0.25) is 10.0 Å². The zero-order valence-corrected chi connectivity index (χ0v) is 13.4. The maximum Gasteiger partial charge on any atom is 0.251 e. The molecule has 0 heterocycles. The molecule has 0 unspecified atom stereocenters. The summed E-state index contributed by atoms with van der Waals surface area (Å²) in [5.74, 6) is 0. The molecule has 120 valence electrons. The molecule has 1 aromatic rings. The lowest BCUT2D eigenvalue weighted by Gasteiger charge is -2.14. The maximum absolute atomic E-state index is 12.2. The molecule has 0 aromatic heterocycles. The maximum atomic E-state index is 12.2. The van der Waals surface area contributed by atoms with Gasteiger partial charge in [-0.25, -0.2) is 21.9 Å². The average molecular weight is 320 g/mol. The van der Waals surface area contributed by atoms with Crippen LogP contribution in [0.1, 0.15) is 30.0 Å². The van der Waals surface area contributed by atoms with Crippen molar-refractivity contribution >= 4 is 10.0 Å². The Hall–Kier alpha value is -1.05. The summed E-state index contributed by atoms with van der Waals surface area (Å²) in [7, 11) is -3.92. The highest BCUT2D eigenvalue weighted by molar-refractivity contribution is 7.89. The molecular formula is C14H22F2N2O2S. The van der Waals surface area contributed by atoms with E-state index in [9.17, 15) is 17.2 Å².